The lowest BCUT2D eigenvalue weighted by molar-refractivity contribution is -0.141. The minimum Gasteiger partial charge on any atom is -0.479 e. The number of rotatable bonds is 10. The molecular formula is C22H37N4O9PS. The van der Waals surface area contributed by atoms with Crippen LogP contribution < -0.4 is 21.7 Å². The number of carboxylic acids is 1. The van der Waals surface area contributed by atoms with E-state index in [1.54, 1.807) is 20.8 Å². The van der Waals surface area contributed by atoms with Crippen molar-refractivity contribution in [1.29, 1.82) is 0 Å². The van der Waals surface area contributed by atoms with Crippen molar-refractivity contribution in [3.05, 3.63) is 12.2 Å². The predicted octanol–water partition coefficient (Wildman–Crippen LogP) is 1.01. The van der Waals surface area contributed by atoms with Gasteiger partial charge in [-0.1, -0.05) is 12.2 Å². The van der Waals surface area contributed by atoms with Crippen LogP contribution in [-0.4, -0.2) is 75.0 Å². The van der Waals surface area contributed by atoms with Crippen molar-refractivity contribution < 1.29 is 42.3 Å². The van der Waals surface area contributed by atoms with Gasteiger partial charge in [-0.3, -0.25) is 9.59 Å². The van der Waals surface area contributed by atoms with E-state index in [1.165, 1.54) is 0 Å². The first-order valence-corrected chi connectivity index (χ1v) is 14.7. The monoisotopic (exact) mass is 564 g/mol. The molecule has 1 heterocycles. The summed E-state index contributed by atoms with van der Waals surface area (Å²) in [6, 6.07) is -1.32. The molecule has 37 heavy (non-hydrogen) atoms. The van der Waals surface area contributed by atoms with Crippen molar-refractivity contribution in [2.75, 3.05) is 13.2 Å². The van der Waals surface area contributed by atoms with Gasteiger partial charge in [-0.25, -0.2) is 13.8 Å². The number of fused-ring (bicyclic) bond motifs is 1. The van der Waals surface area contributed by atoms with E-state index in [-0.39, 0.29) is 11.2 Å². The second kappa shape index (κ2) is 12.6. The first kappa shape index (κ1) is 31.1. The highest BCUT2D eigenvalue weighted by Crippen LogP contribution is 2.61. The number of alkyl carbamates (subject to hydrolysis) is 1. The summed E-state index contributed by atoms with van der Waals surface area (Å²) < 4.78 is 30.3. The van der Waals surface area contributed by atoms with Crippen molar-refractivity contribution in [3.63, 3.8) is 0 Å². The van der Waals surface area contributed by atoms with Gasteiger partial charge in [0, 0.05) is 0 Å². The molecule has 0 spiro atoms. The Hall–Kier alpha value is -2.12. The van der Waals surface area contributed by atoms with Crippen LogP contribution in [0.1, 0.15) is 53.9 Å². The smallest absolute Gasteiger partial charge is 0.408 e. The molecular weight excluding hydrogens is 527 g/mol. The molecule has 0 aromatic heterocycles. The third kappa shape index (κ3) is 8.99. The van der Waals surface area contributed by atoms with Crippen LogP contribution in [0.3, 0.4) is 0 Å². The van der Waals surface area contributed by atoms with Crippen molar-refractivity contribution in [3.8, 4) is 0 Å². The fourth-order valence-corrected chi connectivity index (χ4v) is 8.93. The number of hydrogen-bond acceptors (Lipinski definition) is 9. The van der Waals surface area contributed by atoms with E-state index in [4.69, 9.17) is 24.6 Å². The topological polar surface area (TPSA) is 195 Å². The van der Waals surface area contributed by atoms with Crippen molar-refractivity contribution in [1.82, 2.24) is 16.0 Å². The van der Waals surface area contributed by atoms with Gasteiger partial charge in [0.1, 0.15) is 22.1 Å². The third-order valence-corrected chi connectivity index (χ3v) is 10.5. The number of nitrogens with two attached hydrogens (primary N) is 1. The number of carbonyl (C=O) groups excluding carboxylic acids is 3. The maximum absolute atomic E-state index is 13.2. The summed E-state index contributed by atoms with van der Waals surface area (Å²) in [5.41, 5.74) is 4.80. The lowest BCUT2D eigenvalue weighted by atomic mass is 9.77. The van der Waals surface area contributed by atoms with Gasteiger partial charge in [-0.15, -0.1) is 0 Å². The molecule has 0 aromatic carbocycles. The van der Waals surface area contributed by atoms with Gasteiger partial charge in [-0.2, -0.15) is 0 Å². The second-order valence-corrected chi connectivity index (χ2v) is 14.3. The SMILES string of the molecule is C=C(C)C1CC[C@]2(C)O[P@](OC[C@H](NC(=O)OC(C)(C)C)C(=O)NCC(=O)N[C@@H](N)C(=O)O)S(=O)[C@H]2C1. The number of hydrogen-bond donors (Lipinski definition) is 5. The summed E-state index contributed by atoms with van der Waals surface area (Å²) in [6.45, 7) is 11.8. The Kier molecular flexibility index (Phi) is 10.6. The largest absolute Gasteiger partial charge is 0.479 e. The first-order valence-electron chi connectivity index (χ1n) is 11.8. The average Bonchev–Trinajstić information content (AvgIpc) is 3.02. The summed E-state index contributed by atoms with van der Waals surface area (Å²) >= 11 is 0. The highest BCUT2D eigenvalue weighted by Gasteiger charge is 2.55. The van der Waals surface area contributed by atoms with Crippen LogP contribution in [0.2, 0.25) is 0 Å². The normalized spacial score (nSPS) is 28.8. The Balaban J connectivity index is 2.05. The quantitative estimate of drug-likeness (QED) is 0.145. The number of ether oxygens (including phenoxy) is 1. The molecule has 1 aliphatic heterocycles. The van der Waals surface area contributed by atoms with Gasteiger partial charge in [0.15, 0.2) is 6.17 Å². The molecule has 210 valence electrons. The maximum Gasteiger partial charge on any atom is 0.408 e. The van der Waals surface area contributed by atoms with E-state index in [1.807, 2.05) is 19.2 Å². The van der Waals surface area contributed by atoms with E-state index in [0.29, 0.717) is 12.8 Å². The molecule has 2 aliphatic rings. The highest BCUT2D eigenvalue weighted by atomic mass is 32.7. The Morgan fingerprint density at radius 1 is 1.30 bits per heavy atom. The molecule has 13 nitrogen and oxygen atoms in total. The van der Waals surface area contributed by atoms with Crippen LogP contribution in [0.25, 0.3) is 0 Å². The van der Waals surface area contributed by atoms with E-state index in [2.05, 4.69) is 17.2 Å². The molecule has 3 amide bonds. The Bertz CT molecular complexity index is 944. The first-order chi connectivity index (χ1) is 17.0. The van der Waals surface area contributed by atoms with Crippen LogP contribution >= 0.6 is 7.58 Å². The number of allylic oxidation sites excluding steroid dienone is 1. The predicted molar refractivity (Wildman–Crippen MR) is 136 cm³/mol. The molecule has 1 saturated carbocycles. The van der Waals surface area contributed by atoms with Gasteiger partial charge in [0.25, 0.3) is 7.58 Å². The summed E-state index contributed by atoms with van der Waals surface area (Å²) in [4.78, 5) is 47.8. The molecule has 1 aliphatic carbocycles. The van der Waals surface area contributed by atoms with Crippen molar-refractivity contribution in [2.45, 2.75) is 82.5 Å². The molecule has 6 N–H and O–H groups in total. The average molecular weight is 565 g/mol. The van der Waals surface area contributed by atoms with Crippen LogP contribution in [0.15, 0.2) is 12.2 Å². The lowest BCUT2D eigenvalue weighted by Crippen LogP contribution is -2.54. The summed E-state index contributed by atoms with van der Waals surface area (Å²) in [7, 11) is -3.35. The van der Waals surface area contributed by atoms with Crippen LogP contribution in [0.5, 0.6) is 0 Å². The summed E-state index contributed by atoms with van der Waals surface area (Å²) in [5.74, 6) is -2.87. The van der Waals surface area contributed by atoms with Crippen molar-refractivity contribution in [2.24, 2.45) is 11.7 Å². The van der Waals surface area contributed by atoms with Crippen LogP contribution in [0.4, 0.5) is 4.79 Å². The summed E-state index contributed by atoms with van der Waals surface area (Å²) in [5, 5.41) is 15.2. The van der Waals surface area contributed by atoms with E-state index in [9.17, 15) is 23.4 Å². The maximum atomic E-state index is 13.2. The fourth-order valence-electron chi connectivity index (χ4n) is 3.83. The molecule has 0 radical (unpaired) electrons. The van der Waals surface area contributed by atoms with Crippen LogP contribution in [-0.2, 0) is 38.6 Å². The van der Waals surface area contributed by atoms with Gasteiger partial charge < -0.3 is 40.6 Å². The van der Waals surface area contributed by atoms with Gasteiger partial charge in [0.05, 0.1) is 24.0 Å². The standard InChI is InChI=1S/C22H37N4O9PS/c1-12(2)13-7-8-22(6)15(9-13)37(32)36(35-22)33-11-14(25-20(31)34-21(3,4)5)18(28)24-10-16(27)26-17(23)19(29)30/h13-15,17H,1,7-11,23H2,2-6H3,(H,24,28)(H,25,31)(H,26,27)(H,29,30)/t13?,14-,15-,17+,22-,36-,37?/m0/s1. The Morgan fingerprint density at radius 3 is 2.51 bits per heavy atom. The van der Waals surface area contributed by atoms with E-state index in [0.717, 1.165) is 12.0 Å². The minimum absolute atomic E-state index is 0.244. The Labute approximate surface area is 219 Å². The number of carboxylic acid groups (broad SMARTS) is 1. The van der Waals surface area contributed by atoms with Gasteiger partial charge in [-0.05, 0) is 59.8 Å². The highest BCUT2D eigenvalue weighted by molar-refractivity contribution is 8.44. The van der Waals surface area contributed by atoms with Crippen molar-refractivity contribution >= 4 is 41.9 Å². The lowest BCUT2D eigenvalue weighted by Gasteiger charge is -2.37. The minimum atomic E-state index is -1.88. The second-order valence-electron chi connectivity index (χ2n) is 10.3. The fraction of sp³-hybridized carbons (Fsp3) is 0.727. The molecule has 0 aromatic rings. The van der Waals surface area contributed by atoms with Gasteiger partial charge >= 0.3 is 12.1 Å². The molecule has 1 saturated heterocycles. The molecule has 2 fully saturated rings. The van der Waals surface area contributed by atoms with Crippen LogP contribution in [0, 0.1) is 5.92 Å². The van der Waals surface area contributed by atoms with Gasteiger partial charge in [0.2, 0.25) is 11.8 Å². The Morgan fingerprint density at radius 2 is 1.95 bits per heavy atom. The number of nitrogens with one attached hydrogen (secondary N) is 3. The summed E-state index contributed by atoms with van der Waals surface area (Å²) in [6.07, 6.45) is -0.332. The molecule has 7 atom stereocenters. The molecule has 2 rings (SSSR count). The zero-order chi connectivity index (χ0) is 28.1. The number of amides is 3. The number of aliphatic carboxylic acids is 1. The van der Waals surface area contributed by atoms with E-state index < -0.39 is 78.4 Å². The number of carbonyl (C=O) groups is 4. The van der Waals surface area contributed by atoms with E-state index >= 15 is 0 Å². The molecule has 2 unspecified atom stereocenters. The zero-order valence-electron chi connectivity index (χ0n) is 21.7. The molecule has 0 bridgehead atoms. The third-order valence-electron chi connectivity index (χ3n) is 5.90. The molecule has 15 heteroatoms. The zero-order valence-corrected chi connectivity index (χ0v) is 23.4.